The van der Waals surface area contributed by atoms with E-state index in [1.54, 1.807) is 19.1 Å². The van der Waals surface area contributed by atoms with Gasteiger partial charge in [-0.05, 0) is 31.0 Å². The number of fused-ring (bicyclic) bond motifs is 1. The van der Waals surface area contributed by atoms with E-state index in [9.17, 15) is 22.4 Å². The van der Waals surface area contributed by atoms with Crippen LogP contribution in [-0.2, 0) is 19.4 Å². The molecule has 3 rings (SSSR count). The summed E-state index contributed by atoms with van der Waals surface area (Å²) in [6, 6.07) is 4.14. The highest BCUT2D eigenvalue weighted by Crippen LogP contribution is 2.32. The van der Waals surface area contributed by atoms with Crippen molar-refractivity contribution >= 4 is 43.1 Å². The van der Waals surface area contributed by atoms with E-state index in [4.69, 9.17) is 4.74 Å². The lowest BCUT2D eigenvalue weighted by Crippen LogP contribution is -2.38. The summed E-state index contributed by atoms with van der Waals surface area (Å²) in [5, 5.41) is 2.91. The van der Waals surface area contributed by atoms with Crippen LogP contribution in [-0.4, -0.2) is 44.4 Å². The molecule has 6 nitrogen and oxygen atoms in total. The third-order valence-corrected chi connectivity index (χ3v) is 7.03. The molecule has 0 saturated carbocycles. The monoisotopic (exact) mass is 385 g/mol. The molecule has 1 aromatic heterocycles. The lowest BCUT2D eigenvalue weighted by Gasteiger charge is -2.10. The Morgan fingerprint density at radius 3 is 2.80 bits per heavy atom. The van der Waals surface area contributed by atoms with Gasteiger partial charge >= 0.3 is 5.97 Å². The number of nitrogens with one attached hydrogen (secondary N) is 1. The Kier molecular flexibility index (Phi) is 4.79. The average molecular weight is 385 g/mol. The molecule has 9 heteroatoms. The first kappa shape index (κ1) is 17.8. The van der Waals surface area contributed by atoms with E-state index < -0.39 is 40.2 Å². The molecule has 2 heterocycles. The van der Waals surface area contributed by atoms with E-state index in [0.717, 1.165) is 11.3 Å². The van der Waals surface area contributed by atoms with Crippen LogP contribution in [0.25, 0.3) is 10.1 Å². The molecule has 1 aliphatic heterocycles. The zero-order valence-corrected chi connectivity index (χ0v) is 15.0. The summed E-state index contributed by atoms with van der Waals surface area (Å²) < 4.78 is 42.2. The van der Waals surface area contributed by atoms with Crippen LogP contribution in [0.1, 0.15) is 21.7 Å². The Morgan fingerprint density at radius 1 is 1.40 bits per heavy atom. The minimum atomic E-state index is -3.10. The fourth-order valence-electron chi connectivity index (χ4n) is 2.82. The van der Waals surface area contributed by atoms with Gasteiger partial charge in [-0.15, -0.1) is 11.3 Å². The van der Waals surface area contributed by atoms with Gasteiger partial charge in [0.1, 0.15) is 10.7 Å². The number of halogens is 1. The maximum atomic E-state index is 13.9. The number of carbonyl (C=O) groups excluding carboxylic acids is 2. The third kappa shape index (κ3) is 3.82. The van der Waals surface area contributed by atoms with Crippen molar-refractivity contribution in [1.82, 2.24) is 5.32 Å². The highest BCUT2D eigenvalue weighted by Gasteiger charge is 2.29. The summed E-state index contributed by atoms with van der Waals surface area (Å²) in [6.45, 7) is 1.12. The van der Waals surface area contributed by atoms with Gasteiger partial charge in [0.05, 0.1) is 11.5 Å². The van der Waals surface area contributed by atoms with Crippen molar-refractivity contribution in [3.8, 4) is 0 Å². The predicted octanol–water partition coefficient (Wildman–Crippen LogP) is 1.81. The number of benzene rings is 1. The second kappa shape index (κ2) is 6.72. The zero-order chi connectivity index (χ0) is 18.2. The molecule has 0 bridgehead atoms. The molecule has 1 atom stereocenters. The molecule has 1 fully saturated rings. The Morgan fingerprint density at radius 2 is 2.16 bits per heavy atom. The largest absolute Gasteiger partial charge is 0.451 e. The Bertz CT molecular complexity index is 951. The second-order valence-electron chi connectivity index (χ2n) is 5.91. The van der Waals surface area contributed by atoms with Gasteiger partial charge in [-0.3, -0.25) is 4.79 Å². The molecule has 0 unspecified atom stereocenters. The Labute approximate surface area is 147 Å². The van der Waals surface area contributed by atoms with E-state index >= 15 is 0 Å². The molecule has 2 aromatic rings. The van der Waals surface area contributed by atoms with Gasteiger partial charge in [-0.1, -0.05) is 6.07 Å². The number of hydrogen-bond donors (Lipinski definition) is 1. The molecule has 134 valence electrons. The minimum Gasteiger partial charge on any atom is -0.451 e. The van der Waals surface area contributed by atoms with Crippen LogP contribution >= 0.6 is 11.3 Å². The molecule has 1 amide bonds. The van der Waals surface area contributed by atoms with Crippen LogP contribution < -0.4 is 5.32 Å². The second-order valence-corrected chi connectivity index (χ2v) is 9.19. The number of amides is 1. The summed E-state index contributed by atoms with van der Waals surface area (Å²) >= 11 is 1.10. The molecule has 25 heavy (non-hydrogen) atoms. The van der Waals surface area contributed by atoms with Gasteiger partial charge < -0.3 is 10.1 Å². The molecule has 0 radical (unpaired) electrons. The van der Waals surface area contributed by atoms with Crippen LogP contribution in [0.15, 0.2) is 18.2 Å². The van der Waals surface area contributed by atoms with Crippen LogP contribution in [0, 0.1) is 12.7 Å². The van der Waals surface area contributed by atoms with Crippen LogP contribution in [0.5, 0.6) is 0 Å². The van der Waals surface area contributed by atoms with Crippen LogP contribution in [0.2, 0.25) is 0 Å². The van der Waals surface area contributed by atoms with E-state index in [0.29, 0.717) is 22.1 Å². The highest BCUT2D eigenvalue weighted by molar-refractivity contribution is 7.91. The van der Waals surface area contributed by atoms with E-state index in [1.807, 2.05) is 0 Å². The summed E-state index contributed by atoms with van der Waals surface area (Å²) in [6.07, 6.45) is 0.358. The number of esters is 1. The Balaban J connectivity index is 1.62. The van der Waals surface area contributed by atoms with Gasteiger partial charge in [0.2, 0.25) is 0 Å². The zero-order valence-electron chi connectivity index (χ0n) is 13.4. The molecule has 0 aliphatic carbocycles. The molecular weight excluding hydrogens is 369 g/mol. The number of rotatable bonds is 4. The van der Waals surface area contributed by atoms with Crippen molar-refractivity contribution < 1.29 is 27.1 Å². The normalized spacial score (nSPS) is 19.0. The van der Waals surface area contributed by atoms with Crippen molar-refractivity contribution in [3.05, 3.63) is 34.5 Å². The van der Waals surface area contributed by atoms with Gasteiger partial charge in [0.25, 0.3) is 5.91 Å². The van der Waals surface area contributed by atoms with Gasteiger partial charge in [-0.2, -0.15) is 0 Å². The Hall–Kier alpha value is -2.00. The molecular formula is C16H16FNO5S2. The average Bonchev–Trinajstić information content (AvgIpc) is 3.05. The maximum absolute atomic E-state index is 13.9. The van der Waals surface area contributed by atoms with Crippen molar-refractivity contribution in [2.24, 2.45) is 0 Å². The molecule has 1 N–H and O–H groups in total. The number of ether oxygens (including phenoxy) is 1. The first-order chi connectivity index (χ1) is 11.8. The van der Waals surface area contributed by atoms with Crippen LogP contribution in [0.3, 0.4) is 0 Å². The first-order valence-corrected chi connectivity index (χ1v) is 10.2. The van der Waals surface area contributed by atoms with E-state index in [1.165, 1.54) is 6.07 Å². The van der Waals surface area contributed by atoms with Crippen molar-refractivity contribution in [2.45, 2.75) is 19.4 Å². The number of sulfone groups is 1. The number of carbonyl (C=O) groups is 2. The van der Waals surface area contributed by atoms with Crippen LogP contribution in [0.4, 0.5) is 4.39 Å². The standard InChI is InChI=1S/C16H16FNO5S2/c1-9-14-11(17)3-2-4-12(14)24-15(9)16(20)23-7-13(19)18-10-5-6-25(21,22)8-10/h2-4,10H,5-8H2,1H3,(H,18,19)/t10-/m1/s1. The fourth-order valence-corrected chi connectivity index (χ4v) is 5.61. The predicted molar refractivity (Wildman–Crippen MR) is 92.0 cm³/mol. The van der Waals surface area contributed by atoms with Crippen molar-refractivity contribution in [3.63, 3.8) is 0 Å². The number of thiophene rings is 1. The quantitative estimate of drug-likeness (QED) is 0.811. The first-order valence-electron chi connectivity index (χ1n) is 7.61. The number of aryl methyl sites for hydroxylation is 1. The summed E-state index contributed by atoms with van der Waals surface area (Å²) in [4.78, 5) is 24.2. The maximum Gasteiger partial charge on any atom is 0.349 e. The summed E-state index contributed by atoms with van der Waals surface area (Å²) in [7, 11) is -3.10. The van der Waals surface area contributed by atoms with Gasteiger partial charge in [-0.25, -0.2) is 17.6 Å². The van der Waals surface area contributed by atoms with Gasteiger partial charge in [0, 0.05) is 16.1 Å². The molecule has 1 saturated heterocycles. The topological polar surface area (TPSA) is 89.5 Å². The molecule has 1 aliphatic rings. The van der Waals surface area contributed by atoms with E-state index in [2.05, 4.69) is 5.32 Å². The van der Waals surface area contributed by atoms with Gasteiger partial charge in [0.15, 0.2) is 16.4 Å². The highest BCUT2D eigenvalue weighted by atomic mass is 32.2. The lowest BCUT2D eigenvalue weighted by molar-refractivity contribution is -0.124. The smallest absolute Gasteiger partial charge is 0.349 e. The molecule has 1 aromatic carbocycles. The summed E-state index contributed by atoms with van der Waals surface area (Å²) in [5.74, 6) is -1.72. The summed E-state index contributed by atoms with van der Waals surface area (Å²) in [5.41, 5.74) is 0.477. The minimum absolute atomic E-state index is 0.0459. The number of hydrogen-bond acceptors (Lipinski definition) is 6. The SMILES string of the molecule is Cc1c(C(=O)OCC(=O)N[C@@H]2CCS(=O)(=O)C2)sc2cccc(F)c12. The molecule has 0 spiro atoms. The fraction of sp³-hybridized carbons (Fsp3) is 0.375. The van der Waals surface area contributed by atoms with Crippen molar-refractivity contribution in [2.75, 3.05) is 18.1 Å². The third-order valence-electron chi connectivity index (χ3n) is 4.02. The lowest BCUT2D eigenvalue weighted by atomic mass is 10.1. The van der Waals surface area contributed by atoms with Crippen molar-refractivity contribution in [1.29, 1.82) is 0 Å². The van der Waals surface area contributed by atoms with E-state index in [-0.39, 0.29) is 16.4 Å².